The highest BCUT2D eigenvalue weighted by Gasteiger charge is 2.08. The maximum Gasteiger partial charge on any atom is 0.356 e. The maximum absolute atomic E-state index is 10.4. The number of carboxylic acid groups (broad SMARTS) is 1. The van der Waals surface area contributed by atoms with E-state index in [1.165, 1.54) is 13.3 Å². The number of aromatic nitrogens is 2. The van der Waals surface area contributed by atoms with Crippen molar-refractivity contribution in [2.75, 3.05) is 7.11 Å². The summed E-state index contributed by atoms with van der Waals surface area (Å²) in [6, 6.07) is 0. The monoisotopic (exact) mass is 168 g/mol. The molecule has 1 rings (SSSR count). The van der Waals surface area contributed by atoms with Gasteiger partial charge in [-0.05, 0) is 6.92 Å². The van der Waals surface area contributed by atoms with Crippen molar-refractivity contribution >= 4 is 5.97 Å². The summed E-state index contributed by atoms with van der Waals surface area (Å²) < 4.78 is 4.80. The minimum absolute atomic E-state index is 0.113. The van der Waals surface area contributed by atoms with E-state index in [0.717, 1.165) is 0 Å². The summed E-state index contributed by atoms with van der Waals surface area (Å²) in [6.07, 6.45) is 1.19. The van der Waals surface area contributed by atoms with Crippen LogP contribution in [-0.2, 0) is 0 Å². The lowest BCUT2D eigenvalue weighted by molar-refractivity contribution is 0.0689. The van der Waals surface area contributed by atoms with Crippen LogP contribution in [0.3, 0.4) is 0 Å². The van der Waals surface area contributed by atoms with Gasteiger partial charge in [0.1, 0.15) is 0 Å². The van der Waals surface area contributed by atoms with Crippen molar-refractivity contribution in [2.24, 2.45) is 0 Å². The number of aryl methyl sites for hydroxylation is 1. The molecular weight excluding hydrogens is 160 g/mol. The number of ether oxygens (including phenoxy) is 1. The molecule has 0 saturated carbocycles. The Kier molecular flexibility index (Phi) is 2.23. The summed E-state index contributed by atoms with van der Waals surface area (Å²) in [4.78, 5) is 17.9. The Labute approximate surface area is 69.0 Å². The standard InChI is InChI=1S/C7H8N2O3/c1-4-6(12-2)9-5(3-8-4)7(10)11/h3H,1-2H3,(H,10,11). The molecule has 0 amide bonds. The molecule has 5 heteroatoms. The molecule has 0 aliphatic rings. The van der Waals surface area contributed by atoms with E-state index in [9.17, 15) is 4.79 Å². The highest BCUT2D eigenvalue weighted by atomic mass is 16.5. The minimum Gasteiger partial charge on any atom is -0.480 e. The van der Waals surface area contributed by atoms with Crippen molar-refractivity contribution < 1.29 is 14.6 Å². The summed E-state index contributed by atoms with van der Waals surface area (Å²) in [5.74, 6) is -0.865. The van der Waals surface area contributed by atoms with Crippen molar-refractivity contribution in [3.63, 3.8) is 0 Å². The molecule has 0 atom stereocenters. The first-order valence-corrected chi connectivity index (χ1v) is 3.26. The first kappa shape index (κ1) is 8.45. The van der Waals surface area contributed by atoms with Crippen LogP contribution in [0.1, 0.15) is 16.2 Å². The Morgan fingerprint density at radius 3 is 2.83 bits per heavy atom. The molecule has 5 nitrogen and oxygen atoms in total. The van der Waals surface area contributed by atoms with Crippen molar-refractivity contribution in [3.05, 3.63) is 17.6 Å². The Morgan fingerprint density at radius 1 is 1.67 bits per heavy atom. The molecule has 0 fully saturated rings. The Morgan fingerprint density at radius 2 is 2.33 bits per heavy atom. The van der Waals surface area contributed by atoms with E-state index >= 15 is 0 Å². The average molecular weight is 168 g/mol. The molecule has 1 N–H and O–H groups in total. The molecule has 0 bridgehead atoms. The van der Waals surface area contributed by atoms with Crippen LogP contribution < -0.4 is 4.74 Å². The predicted molar refractivity (Wildman–Crippen MR) is 40.3 cm³/mol. The molecular formula is C7H8N2O3. The molecule has 12 heavy (non-hydrogen) atoms. The number of carbonyl (C=O) groups is 1. The number of rotatable bonds is 2. The van der Waals surface area contributed by atoms with Crippen molar-refractivity contribution in [3.8, 4) is 5.88 Å². The van der Waals surface area contributed by atoms with Crippen LogP contribution in [0.15, 0.2) is 6.20 Å². The number of hydrogen-bond acceptors (Lipinski definition) is 4. The van der Waals surface area contributed by atoms with Crippen molar-refractivity contribution in [2.45, 2.75) is 6.92 Å². The number of hydrogen-bond donors (Lipinski definition) is 1. The van der Waals surface area contributed by atoms with Gasteiger partial charge in [-0.1, -0.05) is 0 Å². The third-order valence-corrected chi connectivity index (χ3v) is 1.32. The van der Waals surface area contributed by atoms with Gasteiger partial charge in [0, 0.05) is 0 Å². The molecule has 1 aromatic rings. The van der Waals surface area contributed by atoms with E-state index in [2.05, 4.69) is 9.97 Å². The third kappa shape index (κ3) is 1.50. The molecule has 0 aliphatic heterocycles. The average Bonchev–Trinajstić information content (AvgIpc) is 2.05. The van der Waals surface area contributed by atoms with Gasteiger partial charge >= 0.3 is 5.97 Å². The van der Waals surface area contributed by atoms with E-state index in [4.69, 9.17) is 9.84 Å². The van der Waals surface area contributed by atoms with Gasteiger partial charge in [0.2, 0.25) is 5.88 Å². The Bertz CT molecular complexity index is 312. The number of methoxy groups -OCH3 is 1. The summed E-state index contributed by atoms with van der Waals surface area (Å²) >= 11 is 0. The van der Waals surface area contributed by atoms with Gasteiger partial charge in [-0.3, -0.25) is 4.98 Å². The zero-order chi connectivity index (χ0) is 9.14. The molecule has 0 saturated heterocycles. The van der Waals surface area contributed by atoms with Gasteiger partial charge < -0.3 is 9.84 Å². The zero-order valence-electron chi connectivity index (χ0n) is 6.74. The van der Waals surface area contributed by atoms with Gasteiger partial charge in [-0.15, -0.1) is 0 Å². The summed E-state index contributed by atoms with van der Waals surface area (Å²) in [6.45, 7) is 1.69. The van der Waals surface area contributed by atoms with Crippen LogP contribution in [0.5, 0.6) is 5.88 Å². The lowest BCUT2D eigenvalue weighted by Gasteiger charge is -2.01. The Hall–Kier alpha value is -1.65. The first-order valence-electron chi connectivity index (χ1n) is 3.26. The van der Waals surface area contributed by atoms with Gasteiger partial charge in [-0.25, -0.2) is 9.78 Å². The second-order valence-corrected chi connectivity index (χ2v) is 2.16. The first-order chi connectivity index (χ1) is 5.65. The highest BCUT2D eigenvalue weighted by molar-refractivity contribution is 5.85. The molecule has 1 heterocycles. The second kappa shape index (κ2) is 3.17. The van der Waals surface area contributed by atoms with E-state index in [1.54, 1.807) is 6.92 Å². The fourth-order valence-electron chi connectivity index (χ4n) is 0.729. The van der Waals surface area contributed by atoms with Crippen LogP contribution in [0.25, 0.3) is 0 Å². The number of carboxylic acids is 1. The van der Waals surface area contributed by atoms with Crippen LogP contribution in [-0.4, -0.2) is 28.2 Å². The summed E-state index contributed by atoms with van der Waals surface area (Å²) in [5.41, 5.74) is 0.458. The Balaban J connectivity index is 3.13. The number of nitrogens with zero attached hydrogens (tertiary/aromatic N) is 2. The minimum atomic E-state index is -1.11. The van der Waals surface area contributed by atoms with Crippen molar-refractivity contribution in [1.82, 2.24) is 9.97 Å². The van der Waals surface area contributed by atoms with Crippen LogP contribution >= 0.6 is 0 Å². The van der Waals surface area contributed by atoms with E-state index in [1.807, 2.05) is 0 Å². The third-order valence-electron chi connectivity index (χ3n) is 1.32. The predicted octanol–water partition coefficient (Wildman–Crippen LogP) is 0.492. The molecule has 0 unspecified atom stereocenters. The molecule has 0 radical (unpaired) electrons. The van der Waals surface area contributed by atoms with Crippen LogP contribution in [0.2, 0.25) is 0 Å². The smallest absolute Gasteiger partial charge is 0.356 e. The second-order valence-electron chi connectivity index (χ2n) is 2.16. The molecule has 0 spiro atoms. The van der Waals surface area contributed by atoms with Crippen LogP contribution in [0, 0.1) is 6.92 Å². The quantitative estimate of drug-likeness (QED) is 0.695. The number of aromatic carboxylic acids is 1. The van der Waals surface area contributed by atoms with E-state index < -0.39 is 5.97 Å². The molecule has 1 aromatic heterocycles. The highest BCUT2D eigenvalue weighted by Crippen LogP contribution is 2.10. The maximum atomic E-state index is 10.4. The fraction of sp³-hybridized carbons (Fsp3) is 0.286. The lowest BCUT2D eigenvalue weighted by atomic mass is 10.4. The topological polar surface area (TPSA) is 72.3 Å². The summed E-state index contributed by atoms with van der Waals surface area (Å²) in [7, 11) is 1.42. The van der Waals surface area contributed by atoms with Gasteiger partial charge in [0.25, 0.3) is 0 Å². The molecule has 64 valence electrons. The van der Waals surface area contributed by atoms with Gasteiger partial charge in [0.05, 0.1) is 19.0 Å². The lowest BCUT2D eigenvalue weighted by Crippen LogP contribution is -2.04. The van der Waals surface area contributed by atoms with E-state index in [-0.39, 0.29) is 11.6 Å². The van der Waals surface area contributed by atoms with Gasteiger partial charge in [0.15, 0.2) is 5.69 Å². The summed E-state index contributed by atoms with van der Waals surface area (Å²) in [5, 5.41) is 8.54. The fourth-order valence-corrected chi connectivity index (χ4v) is 0.729. The van der Waals surface area contributed by atoms with Crippen molar-refractivity contribution in [1.29, 1.82) is 0 Å². The largest absolute Gasteiger partial charge is 0.480 e. The molecule has 0 aliphatic carbocycles. The van der Waals surface area contributed by atoms with Gasteiger partial charge in [-0.2, -0.15) is 0 Å². The van der Waals surface area contributed by atoms with E-state index in [0.29, 0.717) is 5.69 Å². The normalized spacial score (nSPS) is 9.50. The zero-order valence-corrected chi connectivity index (χ0v) is 6.74. The SMILES string of the molecule is COc1nc(C(=O)O)cnc1C. The van der Waals surface area contributed by atoms with Crippen LogP contribution in [0.4, 0.5) is 0 Å². The molecule has 0 aromatic carbocycles.